The predicted molar refractivity (Wildman–Crippen MR) is 106 cm³/mol. The number of anilines is 1. The summed E-state index contributed by atoms with van der Waals surface area (Å²) in [5, 5.41) is 2.77. The van der Waals surface area contributed by atoms with Gasteiger partial charge in [0.15, 0.2) is 0 Å². The highest BCUT2D eigenvalue weighted by molar-refractivity contribution is 7.99. The van der Waals surface area contributed by atoms with Gasteiger partial charge in [-0.15, -0.1) is 0 Å². The summed E-state index contributed by atoms with van der Waals surface area (Å²) >= 11 is 0.467. The van der Waals surface area contributed by atoms with Crippen LogP contribution in [-0.2, 0) is 9.53 Å². The van der Waals surface area contributed by atoms with E-state index in [2.05, 4.69) is 5.32 Å². The minimum atomic E-state index is -2.47. The topological polar surface area (TPSA) is 61.9 Å². The molecule has 1 heterocycles. The zero-order valence-corrected chi connectivity index (χ0v) is 17.0. The summed E-state index contributed by atoms with van der Waals surface area (Å²) in [5.41, 5.74) is 0.567. The third kappa shape index (κ3) is 8.02. The zero-order chi connectivity index (χ0) is 20.5. The van der Waals surface area contributed by atoms with Gasteiger partial charge in [0, 0.05) is 36.8 Å². The molecule has 1 saturated heterocycles. The number of rotatable bonds is 7. The number of nitrogens with one attached hydrogen (secondary N) is 1. The molecular weight excluding hydrogens is 388 g/mol. The monoisotopic (exact) mass is 415 g/mol. The Hall–Kier alpha value is -1.87. The Morgan fingerprint density at radius 1 is 1.14 bits per heavy atom. The van der Waals surface area contributed by atoms with E-state index in [9.17, 15) is 18.4 Å². The molecule has 0 aliphatic carbocycles. The average molecular weight is 416 g/mol. The van der Waals surface area contributed by atoms with Crippen LogP contribution in [0.3, 0.4) is 0 Å². The third-order valence-electron chi connectivity index (χ3n) is 4.12. The van der Waals surface area contributed by atoms with Crippen molar-refractivity contribution in [2.75, 3.05) is 44.6 Å². The van der Waals surface area contributed by atoms with Gasteiger partial charge in [0.1, 0.15) is 0 Å². The molecule has 1 aromatic rings. The first-order valence-electron chi connectivity index (χ1n) is 9.32. The van der Waals surface area contributed by atoms with E-state index in [1.807, 2.05) is 18.7 Å². The van der Waals surface area contributed by atoms with Crippen LogP contribution in [0, 0.1) is 5.92 Å². The molecule has 0 spiro atoms. The van der Waals surface area contributed by atoms with E-state index in [1.54, 1.807) is 29.2 Å². The van der Waals surface area contributed by atoms with Gasteiger partial charge in [-0.25, -0.2) is 4.79 Å². The molecule has 0 bridgehead atoms. The molecule has 1 fully saturated rings. The van der Waals surface area contributed by atoms with Gasteiger partial charge in [-0.1, -0.05) is 25.6 Å². The summed E-state index contributed by atoms with van der Waals surface area (Å²) in [6.07, 6.45) is 0.464. The Balaban J connectivity index is 1.77. The molecule has 0 unspecified atom stereocenters. The van der Waals surface area contributed by atoms with Crippen molar-refractivity contribution in [2.24, 2.45) is 5.92 Å². The normalized spacial score (nSPS) is 15.6. The van der Waals surface area contributed by atoms with E-state index in [4.69, 9.17) is 4.74 Å². The van der Waals surface area contributed by atoms with Gasteiger partial charge in [0.25, 0.3) is 5.76 Å². The lowest BCUT2D eigenvalue weighted by Crippen LogP contribution is -2.38. The van der Waals surface area contributed by atoms with Crippen molar-refractivity contribution in [3.05, 3.63) is 24.3 Å². The number of nitrogens with zero attached hydrogens (tertiary/aromatic N) is 2. The van der Waals surface area contributed by atoms with Gasteiger partial charge in [0.2, 0.25) is 5.91 Å². The quantitative estimate of drug-likeness (QED) is 0.688. The zero-order valence-electron chi connectivity index (χ0n) is 16.2. The van der Waals surface area contributed by atoms with Gasteiger partial charge >= 0.3 is 6.09 Å². The average Bonchev–Trinajstić information content (AvgIpc) is 2.86. The number of thioether (sulfide) groups is 1. The molecule has 0 aromatic heterocycles. The fourth-order valence-electron chi connectivity index (χ4n) is 2.76. The molecule has 2 rings (SSSR count). The molecule has 0 saturated carbocycles. The standard InChI is InChI=1S/C19H27F2N3O3S/c1-14(2)13-27-19(26)24-9-3-8-23(10-11-24)12-17(25)22-15-4-6-16(7-5-15)28-18(20)21/h4-7,14,18H,3,8-13H2,1-2H3,(H,22,25). The first-order chi connectivity index (χ1) is 13.3. The van der Waals surface area contributed by atoms with Crippen molar-refractivity contribution in [1.82, 2.24) is 9.80 Å². The van der Waals surface area contributed by atoms with Gasteiger partial charge in [-0.2, -0.15) is 8.78 Å². The minimum Gasteiger partial charge on any atom is -0.449 e. The van der Waals surface area contributed by atoms with Crippen LogP contribution in [-0.4, -0.2) is 66.9 Å². The van der Waals surface area contributed by atoms with Crippen LogP contribution in [0.4, 0.5) is 19.3 Å². The molecule has 9 heteroatoms. The molecular formula is C19H27F2N3O3S. The summed E-state index contributed by atoms with van der Waals surface area (Å²) in [7, 11) is 0. The van der Waals surface area contributed by atoms with Crippen LogP contribution < -0.4 is 5.32 Å². The summed E-state index contributed by atoms with van der Waals surface area (Å²) < 4.78 is 29.9. The molecule has 0 radical (unpaired) electrons. The van der Waals surface area contributed by atoms with Gasteiger partial charge in [-0.05, 0) is 36.6 Å². The molecule has 1 aliphatic heterocycles. The summed E-state index contributed by atoms with van der Waals surface area (Å²) in [6.45, 7) is 7.02. The number of alkyl halides is 2. The van der Waals surface area contributed by atoms with E-state index < -0.39 is 5.76 Å². The number of benzene rings is 1. The fraction of sp³-hybridized carbons (Fsp3) is 0.579. The highest BCUT2D eigenvalue weighted by atomic mass is 32.2. The highest BCUT2D eigenvalue weighted by Gasteiger charge is 2.21. The van der Waals surface area contributed by atoms with Crippen molar-refractivity contribution in [2.45, 2.75) is 30.9 Å². The lowest BCUT2D eigenvalue weighted by Gasteiger charge is -2.21. The van der Waals surface area contributed by atoms with Crippen LogP contribution >= 0.6 is 11.8 Å². The number of hydrogen-bond acceptors (Lipinski definition) is 5. The smallest absolute Gasteiger partial charge is 0.409 e. The fourth-order valence-corrected chi connectivity index (χ4v) is 3.26. The van der Waals surface area contributed by atoms with Crippen molar-refractivity contribution < 1.29 is 23.1 Å². The van der Waals surface area contributed by atoms with E-state index in [-0.39, 0.29) is 18.5 Å². The number of carbonyl (C=O) groups is 2. The SMILES string of the molecule is CC(C)COC(=O)N1CCCN(CC(=O)Nc2ccc(SC(F)F)cc2)CC1. The lowest BCUT2D eigenvalue weighted by atomic mass is 10.2. The Bertz CT molecular complexity index is 644. The molecule has 1 aliphatic rings. The molecule has 1 aromatic carbocycles. The number of ether oxygens (including phenoxy) is 1. The summed E-state index contributed by atoms with van der Waals surface area (Å²) in [4.78, 5) is 28.5. The van der Waals surface area contributed by atoms with Crippen LogP contribution in [0.25, 0.3) is 0 Å². The molecule has 6 nitrogen and oxygen atoms in total. The van der Waals surface area contributed by atoms with Crippen LogP contribution in [0.1, 0.15) is 20.3 Å². The summed E-state index contributed by atoms with van der Waals surface area (Å²) in [5.74, 6) is -2.35. The van der Waals surface area contributed by atoms with Crippen LogP contribution in [0.15, 0.2) is 29.2 Å². The van der Waals surface area contributed by atoms with E-state index >= 15 is 0 Å². The second-order valence-corrected chi connectivity index (χ2v) is 8.10. The Kier molecular flexibility index (Phi) is 8.98. The van der Waals surface area contributed by atoms with E-state index in [0.717, 1.165) is 6.42 Å². The second kappa shape index (κ2) is 11.2. The second-order valence-electron chi connectivity index (χ2n) is 7.04. The largest absolute Gasteiger partial charge is 0.449 e. The number of carbonyl (C=O) groups excluding carboxylic acids is 2. The molecule has 156 valence electrons. The molecule has 1 N–H and O–H groups in total. The predicted octanol–water partition coefficient (Wildman–Crippen LogP) is 3.74. The Morgan fingerprint density at radius 2 is 1.86 bits per heavy atom. The molecule has 28 heavy (non-hydrogen) atoms. The molecule has 0 atom stereocenters. The van der Waals surface area contributed by atoms with Crippen molar-refractivity contribution in [1.29, 1.82) is 0 Å². The Morgan fingerprint density at radius 3 is 2.50 bits per heavy atom. The summed E-state index contributed by atoms with van der Waals surface area (Å²) in [6, 6.07) is 6.33. The third-order valence-corrected chi connectivity index (χ3v) is 4.84. The first kappa shape index (κ1) is 22.4. The maximum absolute atomic E-state index is 12.3. The lowest BCUT2D eigenvalue weighted by molar-refractivity contribution is -0.117. The number of halogens is 2. The number of amides is 2. The Labute approximate surface area is 168 Å². The maximum atomic E-state index is 12.3. The van der Waals surface area contributed by atoms with E-state index in [0.29, 0.717) is 61.0 Å². The minimum absolute atomic E-state index is 0.176. The number of hydrogen-bond donors (Lipinski definition) is 1. The van der Waals surface area contributed by atoms with E-state index in [1.165, 1.54) is 0 Å². The van der Waals surface area contributed by atoms with Gasteiger partial charge < -0.3 is 15.0 Å². The van der Waals surface area contributed by atoms with Gasteiger partial charge in [-0.3, -0.25) is 9.69 Å². The first-order valence-corrected chi connectivity index (χ1v) is 10.2. The highest BCUT2D eigenvalue weighted by Crippen LogP contribution is 2.26. The van der Waals surface area contributed by atoms with Crippen molar-refractivity contribution in [3.8, 4) is 0 Å². The van der Waals surface area contributed by atoms with Crippen molar-refractivity contribution >= 4 is 29.4 Å². The maximum Gasteiger partial charge on any atom is 0.409 e. The van der Waals surface area contributed by atoms with Crippen molar-refractivity contribution in [3.63, 3.8) is 0 Å². The van der Waals surface area contributed by atoms with Crippen LogP contribution in [0.5, 0.6) is 0 Å². The van der Waals surface area contributed by atoms with Crippen LogP contribution in [0.2, 0.25) is 0 Å². The van der Waals surface area contributed by atoms with Gasteiger partial charge in [0.05, 0.1) is 13.2 Å². The molecule has 2 amide bonds.